The molecule has 3 heterocycles. The van der Waals surface area contributed by atoms with Crippen LogP contribution < -0.4 is 4.57 Å². The number of rotatable bonds is 1. The van der Waals surface area contributed by atoms with Crippen LogP contribution in [0.1, 0.15) is 26.5 Å². The van der Waals surface area contributed by atoms with Crippen LogP contribution in [0.2, 0.25) is 0 Å². The second-order valence-corrected chi connectivity index (χ2v) is 6.25. The van der Waals surface area contributed by atoms with E-state index in [1.807, 2.05) is 37.6 Å². The average Bonchev–Trinajstić information content (AvgIpc) is 3.00. The summed E-state index contributed by atoms with van der Waals surface area (Å²) in [5.74, 6) is 0. The maximum absolute atomic E-state index is 9.18. The Kier molecular flexibility index (Phi) is 2.65. The molecule has 3 aromatic heterocycles. The van der Waals surface area contributed by atoms with E-state index in [0.717, 1.165) is 33.3 Å². The lowest BCUT2D eigenvalue weighted by Crippen LogP contribution is -2.35. The number of aromatic nitrogens is 2. The van der Waals surface area contributed by atoms with Crippen LogP contribution >= 0.6 is 0 Å². The predicted octanol–water partition coefficient (Wildman–Crippen LogP) is 4.27. The number of aryl methyl sites for hydroxylation is 3. The van der Waals surface area contributed by atoms with Gasteiger partial charge in [-0.05, 0) is 31.0 Å². The van der Waals surface area contributed by atoms with Crippen LogP contribution in [-0.2, 0) is 7.05 Å². The minimum atomic E-state index is -2.20. The highest BCUT2D eigenvalue weighted by Crippen LogP contribution is 2.36. The summed E-state index contributed by atoms with van der Waals surface area (Å²) in [7, 11) is 1.90. The first kappa shape index (κ1) is 12.2. The van der Waals surface area contributed by atoms with Gasteiger partial charge in [0.1, 0.15) is 13.1 Å². The highest BCUT2D eigenvalue weighted by molar-refractivity contribution is 6.09. The minimum Gasteiger partial charge on any atom is -0.437 e. The number of pyridine rings is 2. The Morgan fingerprint density at radius 1 is 1.20 bits per heavy atom. The molecule has 1 aromatic carbocycles. The van der Waals surface area contributed by atoms with Gasteiger partial charge in [0.2, 0.25) is 11.4 Å². The van der Waals surface area contributed by atoms with Crippen LogP contribution in [0.25, 0.3) is 33.3 Å². The van der Waals surface area contributed by atoms with Crippen LogP contribution in [-0.4, -0.2) is 4.98 Å². The van der Waals surface area contributed by atoms with Crippen LogP contribution in [0.5, 0.6) is 0 Å². The fourth-order valence-electron chi connectivity index (χ4n) is 3.24. The summed E-state index contributed by atoms with van der Waals surface area (Å²) < 4.78 is 31.4. The predicted molar refractivity (Wildman–Crippen MR) is 97.1 cm³/mol. The van der Waals surface area contributed by atoms with Crippen molar-refractivity contribution in [1.82, 2.24) is 4.98 Å². The quantitative estimate of drug-likeness (QED) is 0.489. The molecule has 4 heteroatoms. The Bertz CT molecular complexity index is 1300. The fraction of sp³-hybridized carbons (Fsp3) is 0.190. The van der Waals surface area contributed by atoms with E-state index in [0.29, 0.717) is 16.9 Å². The Morgan fingerprint density at radius 3 is 2.80 bits per heavy atom. The molecule has 0 aliphatic carbocycles. The first-order chi connectivity index (χ1) is 13.2. The normalized spacial score (nSPS) is 13.4. The largest absolute Gasteiger partial charge is 0.437 e. The number of furan rings is 1. The summed E-state index contributed by atoms with van der Waals surface area (Å²) in [6, 6.07) is 11.2. The molecule has 0 bridgehead atoms. The Hall–Kier alpha value is -3.19. The highest BCUT2D eigenvalue weighted by Gasteiger charge is 2.22. The number of benzene rings is 1. The number of nitriles is 1. The van der Waals surface area contributed by atoms with Gasteiger partial charge < -0.3 is 4.42 Å². The van der Waals surface area contributed by atoms with Crippen molar-refractivity contribution >= 4 is 22.1 Å². The van der Waals surface area contributed by atoms with Crippen molar-refractivity contribution in [2.75, 3.05) is 0 Å². The molecule has 0 saturated heterocycles. The van der Waals surface area contributed by atoms with E-state index < -0.39 is 6.85 Å². The topological polar surface area (TPSA) is 53.7 Å². The third-order valence-electron chi connectivity index (χ3n) is 4.64. The van der Waals surface area contributed by atoms with E-state index in [1.54, 1.807) is 18.2 Å². The summed E-state index contributed by atoms with van der Waals surface area (Å²) >= 11 is 0. The van der Waals surface area contributed by atoms with Gasteiger partial charge in [0.05, 0.1) is 11.1 Å². The van der Waals surface area contributed by atoms with Gasteiger partial charge in [-0.15, -0.1) is 0 Å². The Labute approximate surface area is 150 Å². The molecule has 0 atom stereocenters. The average molecular weight is 331 g/mol. The number of fused-ring (bicyclic) bond motifs is 3. The molecule has 0 aliphatic rings. The molecule has 0 aliphatic heterocycles. The van der Waals surface area contributed by atoms with Crippen LogP contribution in [0.4, 0.5) is 0 Å². The van der Waals surface area contributed by atoms with E-state index in [1.165, 1.54) is 6.20 Å². The van der Waals surface area contributed by atoms with Gasteiger partial charge in [-0.25, -0.2) is 4.98 Å². The molecular weight excluding hydrogens is 310 g/mol. The van der Waals surface area contributed by atoms with Gasteiger partial charge in [0.15, 0.2) is 11.3 Å². The maximum atomic E-state index is 9.18. The first-order valence-corrected chi connectivity index (χ1v) is 7.94. The standard InChI is InChI=1S/C21H18N3O/c1-12-7-14(3)24(4)18(8-12)19-13(2)5-6-16-17-9-15(10-22)11-23-21(17)25-20(16)19/h5-9,11H,1-4H3/q+1/i1D3. The highest BCUT2D eigenvalue weighted by atomic mass is 16.3. The van der Waals surface area contributed by atoms with Crippen molar-refractivity contribution in [3.63, 3.8) is 0 Å². The van der Waals surface area contributed by atoms with Crippen LogP contribution in [0.3, 0.4) is 0 Å². The zero-order valence-electron chi connectivity index (χ0n) is 17.2. The lowest BCUT2D eigenvalue weighted by atomic mass is 9.99. The zero-order valence-corrected chi connectivity index (χ0v) is 14.2. The molecule has 0 amide bonds. The van der Waals surface area contributed by atoms with E-state index >= 15 is 0 Å². The molecule has 4 rings (SSSR count). The molecular formula is C21H18N3O+. The van der Waals surface area contributed by atoms with Crippen molar-refractivity contribution in [3.8, 4) is 17.3 Å². The summed E-state index contributed by atoms with van der Waals surface area (Å²) in [5, 5.41) is 10.8. The van der Waals surface area contributed by atoms with E-state index in [4.69, 9.17) is 8.53 Å². The molecule has 0 fully saturated rings. The number of hydrogen-bond donors (Lipinski definition) is 0. The van der Waals surface area contributed by atoms with Gasteiger partial charge in [-0.1, -0.05) is 12.1 Å². The molecule has 0 radical (unpaired) electrons. The smallest absolute Gasteiger partial charge is 0.227 e. The lowest BCUT2D eigenvalue weighted by Gasteiger charge is -2.08. The second kappa shape index (κ2) is 5.42. The molecule has 122 valence electrons. The van der Waals surface area contributed by atoms with Crippen LogP contribution in [0.15, 0.2) is 40.9 Å². The molecule has 0 spiro atoms. The lowest BCUT2D eigenvalue weighted by molar-refractivity contribution is -0.666. The first-order valence-electron chi connectivity index (χ1n) is 9.44. The van der Waals surface area contributed by atoms with Crippen molar-refractivity contribution in [1.29, 1.82) is 5.26 Å². The Balaban J connectivity index is 2.11. The molecule has 4 nitrogen and oxygen atoms in total. The number of hydrogen-bond acceptors (Lipinski definition) is 3. The molecule has 4 aromatic rings. The Morgan fingerprint density at radius 2 is 2.04 bits per heavy atom. The maximum Gasteiger partial charge on any atom is 0.227 e. The van der Waals surface area contributed by atoms with Gasteiger partial charge >= 0.3 is 0 Å². The molecule has 0 N–H and O–H groups in total. The number of nitrogens with zero attached hydrogens (tertiary/aromatic N) is 3. The fourth-order valence-corrected chi connectivity index (χ4v) is 3.24. The summed E-state index contributed by atoms with van der Waals surface area (Å²) in [6.07, 6.45) is 1.48. The molecule has 0 unspecified atom stereocenters. The second-order valence-electron chi connectivity index (χ2n) is 6.25. The monoisotopic (exact) mass is 331 g/mol. The van der Waals surface area contributed by atoms with Gasteiger partial charge in [-0.2, -0.15) is 9.83 Å². The van der Waals surface area contributed by atoms with Crippen LogP contribution in [0, 0.1) is 32.0 Å². The summed E-state index contributed by atoms with van der Waals surface area (Å²) in [6.45, 7) is 1.65. The van der Waals surface area contributed by atoms with Crippen molar-refractivity contribution in [2.24, 2.45) is 7.05 Å². The third-order valence-corrected chi connectivity index (χ3v) is 4.64. The summed E-state index contributed by atoms with van der Waals surface area (Å²) in [5.41, 5.74) is 5.21. The molecule has 25 heavy (non-hydrogen) atoms. The van der Waals surface area contributed by atoms with E-state index in [-0.39, 0.29) is 5.56 Å². The third kappa shape index (κ3) is 2.28. The van der Waals surface area contributed by atoms with Gasteiger partial charge in [-0.3, -0.25) is 0 Å². The van der Waals surface area contributed by atoms with E-state index in [9.17, 15) is 5.26 Å². The van der Waals surface area contributed by atoms with Crippen molar-refractivity contribution in [2.45, 2.75) is 20.7 Å². The SMILES string of the molecule is [2H]C([2H])([2H])c1cc(C)[n+](C)c(-c2c(C)ccc3c2oc2ncc(C#N)cc23)c1. The van der Waals surface area contributed by atoms with Crippen molar-refractivity contribution < 1.29 is 13.1 Å². The zero-order chi connectivity index (χ0) is 20.2. The van der Waals surface area contributed by atoms with Crippen molar-refractivity contribution in [3.05, 3.63) is 58.9 Å². The van der Waals surface area contributed by atoms with E-state index in [2.05, 4.69) is 11.1 Å². The van der Waals surface area contributed by atoms with Gasteiger partial charge in [0.25, 0.3) is 0 Å². The molecule has 0 saturated carbocycles. The van der Waals surface area contributed by atoms with Gasteiger partial charge in [0, 0.05) is 40.1 Å². The summed E-state index contributed by atoms with van der Waals surface area (Å²) in [4.78, 5) is 4.26. The minimum absolute atomic E-state index is 0.288.